The molecule has 0 bridgehead atoms. The maximum Gasteiger partial charge on any atom is 0.0546 e. The standard InChI is InChI=1S/C12H16O/c1-9-2-3-10-4-6-12(13)7-5-11(10)8-9/h2-3,8,12-13H,4-7H2,1H3. The van der Waals surface area contributed by atoms with Gasteiger partial charge in [0.15, 0.2) is 0 Å². The summed E-state index contributed by atoms with van der Waals surface area (Å²) in [6.07, 6.45) is 3.84. The Morgan fingerprint density at radius 3 is 2.62 bits per heavy atom. The second-order valence-corrected chi connectivity index (χ2v) is 4.00. The first kappa shape index (κ1) is 8.76. The first-order valence-electron chi connectivity index (χ1n) is 5.02. The average Bonchev–Trinajstić information content (AvgIpc) is 2.29. The Balaban J connectivity index is 2.30. The maximum absolute atomic E-state index is 9.53. The van der Waals surface area contributed by atoms with Crippen LogP contribution in [0.4, 0.5) is 0 Å². The lowest BCUT2D eigenvalue weighted by atomic mass is 10.0. The van der Waals surface area contributed by atoms with Crippen molar-refractivity contribution < 1.29 is 5.11 Å². The molecule has 1 aromatic carbocycles. The van der Waals surface area contributed by atoms with Crippen LogP contribution in [0.3, 0.4) is 0 Å². The van der Waals surface area contributed by atoms with E-state index in [1.54, 1.807) is 0 Å². The second kappa shape index (κ2) is 3.51. The van der Waals surface area contributed by atoms with Gasteiger partial charge in [0.25, 0.3) is 0 Å². The number of aliphatic hydroxyl groups excluding tert-OH is 1. The second-order valence-electron chi connectivity index (χ2n) is 4.00. The van der Waals surface area contributed by atoms with Crippen molar-refractivity contribution in [2.24, 2.45) is 0 Å². The fourth-order valence-electron chi connectivity index (χ4n) is 2.02. The largest absolute Gasteiger partial charge is 0.393 e. The average molecular weight is 176 g/mol. The van der Waals surface area contributed by atoms with Gasteiger partial charge in [0.05, 0.1) is 6.10 Å². The van der Waals surface area contributed by atoms with Gasteiger partial charge in [0.2, 0.25) is 0 Å². The van der Waals surface area contributed by atoms with Crippen LogP contribution in [-0.2, 0) is 12.8 Å². The molecule has 0 amide bonds. The van der Waals surface area contributed by atoms with Crippen molar-refractivity contribution in [1.82, 2.24) is 0 Å². The Hall–Kier alpha value is -0.820. The molecule has 2 rings (SSSR count). The zero-order valence-corrected chi connectivity index (χ0v) is 8.09. The number of fused-ring (bicyclic) bond motifs is 1. The SMILES string of the molecule is Cc1ccc2c(c1)CCC(O)CC2. The van der Waals surface area contributed by atoms with Gasteiger partial charge in [-0.1, -0.05) is 23.8 Å². The molecule has 1 heteroatoms. The third-order valence-electron chi connectivity index (χ3n) is 2.86. The monoisotopic (exact) mass is 176 g/mol. The number of aryl methyl sites for hydroxylation is 3. The van der Waals surface area contributed by atoms with Crippen LogP contribution in [0.1, 0.15) is 29.5 Å². The third-order valence-corrected chi connectivity index (χ3v) is 2.86. The van der Waals surface area contributed by atoms with Crippen molar-refractivity contribution in [3.8, 4) is 0 Å². The van der Waals surface area contributed by atoms with E-state index in [1.807, 2.05) is 0 Å². The number of hydrogen-bond donors (Lipinski definition) is 1. The lowest BCUT2D eigenvalue weighted by molar-refractivity contribution is 0.158. The zero-order chi connectivity index (χ0) is 9.26. The molecule has 70 valence electrons. The number of benzene rings is 1. The Bertz CT molecular complexity index is 304. The van der Waals surface area contributed by atoms with Crippen molar-refractivity contribution in [3.63, 3.8) is 0 Å². The lowest BCUT2D eigenvalue weighted by Gasteiger charge is -2.05. The van der Waals surface area contributed by atoms with Crippen LogP contribution in [-0.4, -0.2) is 11.2 Å². The van der Waals surface area contributed by atoms with Crippen LogP contribution in [0.2, 0.25) is 0 Å². The van der Waals surface area contributed by atoms with E-state index in [0.717, 1.165) is 25.7 Å². The highest BCUT2D eigenvalue weighted by Gasteiger charge is 2.13. The molecular formula is C12H16O. The molecule has 0 fully saturated rings. The zero-order valence-electron chi connectivity index (χ0n) is 8.09. The van der Waals surface area contributed by atoms with Crippen LogP contribution in [0.5, 0.6) is 0 Å². The van der Waals surface area contributed by atoms with Crippen LogP contribution < -0.4 is 0 Å². The number of rotatable bonds is 0. The van der Waals surface area contributed by atoms with Crippen molar-refractivity contribution >= 4 is 0 Å². The molecule has 1 unspecified atom stereocenters. The molecule has 0 spiro atoms. The third kappa shape index (κ3) is 1.92. The molecular weight excluding hydrogens is 160 g/mol. The first-order valence-corrected chi connectivity index (χ1v) is 5.02. The molecule has 0 radical (unpaired) electrons. The van der Waals surface area contributed by atoms with Gasteiger partial charge < -0.3 is 5.11 Å². The normalized spacial score (nSPS) is 22.2. The summed E-state index contributed by atoms with van der Waals surface area (Å²) in [6, 6.07) is 6.63. The summed E-state index contributed by atoms with van der Waals surface area (Å²) < 4.78 is 0. The first-order chi connectivity index (χ1) is 6.25. The highest BCUT2D eigenvalue weighted by Crippen LogP contribution is 2.21. The summed E-state index contributed by atoms with van der Waals surface area (Å²) in [5, 5.41) is 9.53. The molecule has 0 heterocycles. The van der Waals surface area contributed by atoms with Gasteiger partial charge in [0, 0.05) is 0 Å². The lowest BCUT2D eigenvalue weighted by Crippen LogP contribution is -2.05. The van der Waals surface area contributed by atoms with E-state index in [-0.39, 0.29) is 6.10 Å². The molecule has 0 saturated heterocycles. The number of aliphatic hydroxyl groups is 1. The minimum Gasteiger partial charge on any atom is -0.393 e. The predicted octanol–water partition coefficient (Wildman–Crippen LogP) is 2.23. The number of hydrogen-bond acceptors (Lipinski definition) is 1. The highest BCUT2D eigenvalue weighted by molar-refractivity contribution is 5.32. The van der Waals surface area contributed by atoms with Gasteiger partial charge in [-0.15, -0.1) is 0 Å². The highest BCUT2D eigenvalue weighted by atomic mass is 16.3. The van der Waals surface area contributed by atoms with Crippen molar-refractivity contribution in [2.45, 2.75) is 38.7 Å². The molecule has 1 N–H and O–H groups in total. The van der Waals surface area contributed by atoms with Crippen LogP contribution >= 0.6 is 0 Å². The molecule has 1 nitrogen and oxygen atoms in total. The summed E-state index contributed by atoms with van der Waals surface area (Å²) in [6.45, 7) is 2.13. The Morgan fingerprint density at radius 1 is 1.15 bits per heavy atom. The summed E-state index contributed by atoms with van der Waals surface area (Å²) in [4.78, 5) is 0. The fourth-order valence-corrected chi connectivity index (χ4v) is 2.02. The Kier molecular flexibility index (Phi) is 2.36. The van der Waals surface area contributed by atoms with Crippen LogP contribution in [0.25, 0.3) is 0 Å². The van der Waals surface area contributed by atoms with Gasteiger partial charge in [0.1, 0.15) is 0 Å². The maximum atomic E-state index is 9.53. The minimum absolute atomic E-state index is 0.0901. The molecule has 1 aliphatic rings. The molecule has 13 heavy (non-hydrogen) atoms. The van der Waals surface area contributed by atoms with E-state index >= 15 is 0 Å². The Labute approximate surface area is 79.4 Å². The van der Waals surface area contributed by atoms with E-state index in [2.05, 4.69) is 25.1 Å². The summed E-state index contributed by atoms with van der Waals surface area (Å²) in [5.74, 6) is 0. The topological polar surface area (TPSA) is 20.2 Å². The molecule has 0 aromatic heterocycles. The molecule has 1 aliphatic carbocycles. The van der Waals surface area contributed by atoms with E-state index in [4.69, 9.17) is 0 Å². The fraction of sp³-hybridized carbons (Fsp3) is 0.500. The van der Waals surface area contributed by atoms with Gasteiger partial charge in [-0.25, -0.2) is 0 Å². The summed E-state index contributed by atoms with van der Waals surface area (Å²) in [7, 11) is 0. The van der Waals surface area contributed by atoms with Crippen LogP contribution in [0, 0.1) is 6.92 Å². The predicted molar refractivity (Wildman–Crippen MR) is 53.8 cm³/mol. The molecule has 1 atom stereocenters. The molecule has 1 aromatic rings. The van der Waals surface area contributed by atoms with Gasteiger partial charge in [-0.05, 0) is 43.7 Å². The van der Waals surface area contributed by atoms with E-state index < -0.39 is 0 Å². The molecule has 0 saturated carbocycles. The van der Waals surface area contributed by atoms with Crippen LogP contribution in [0.15, 0.2) is 18.2 Å². The Morgan fingerprint density at radius 2 is 1.85 bits per heavy atom. The van der Waals surface area contributed by atoms with Crippen molar-refractivity contribution in [2.75, 3.05) is 0 Å². The summed E-state index contributed by atoms with van der Waals surface area (Å²) in [5.41, 5.74) is 4.20. The quantitative estimate of drug-likeness (QED) is 0.601. The van der Waals surface area contributed by atoms with Gasteiger partial charge in [-0.2, -0.15) is 0 Å². The minimum atomic E-state index is -0.0901. The van der Waals surface area contributed by atoms with E-state index in [9.17, 15) is 5.11 Å². The van der Waals surface area contributed by atoms with Crippen molar-refractivity contribution in [3.05, 3.63) is 34.9 Å². The van der Waals surface area contributed by atoms with Crippen molar-refractivity contribution in [1.29, 1.82) is 0 Å². The summed E-state index contributed by atoms with van der Waals surface area (Å²) >= 11 is 0. The van der Waals surface area contributed by atoms with E-state index in [1.165, 1.54) is 16.7 Å². The smallest absolute Gasteiger partial charge is 0.0546 e. The van der Waals surface area contributed by atoms with Gasteiger partial charge in [-0.3, -0.25) is 0 Å². The van der Waals surface area contributed by atoms with E-state index in [0.29, 0.717) is 0 Å². The molecule has 0 aliphatic heterocycles. The van der Waals surface area contributed by atoms with Gasteiger partial charge >= 0.3 is 0 Å².